The SMILES string of the molecule is COc1ccc(C2(c3ccc(OC)cc3)C=Cc3c4c(c5ccc(C)cc5c3O2)-c2ccc(C)cc2C4(C)OCCOCC(CO)(COCCO)COCCO)cc1. The van der Waals surface area contributed by atoms with Crippen LogP contribution in [0.5, 0.6) is 17.2 Å². The van der Waals surface area contributed by atoms with E-state index in [4.69, 9.17) is 33.2 Å². The number of hydrogen-bond donors (Lipinski definition) is 3. The molecular formula is C48H54O10. The number of benzene rings is 5. The number of aliphatic hydroxyl groups excluding tert-OH is 3. The lowest BCUT2D eigenvalue weighted by atomic mass is 9.80. The number of rotatable bonds is 19. The normalized spacial score (nSPS) is 16.5. The molecule has 0 saturated heterocycles. The lowest BCUT2D eigenvalue weighted by molar-refractivity contribution is -0.109. The van der Waals surface area contributed by atoms with Crippen molar-refractivity contribution in [1.82, 2.24) is 0 Å². The molecule has 0 fully saturated rings. The molecule has 5 aromatic rings. The minimum atomic E-state index is -0.982. The van der Waals surface area contributed by atoms with E-state index >= 15 is 0 Å². The Balaban J connectivity index is 1.30. The smallest absolute Gasteiger partial charge is 0.178 e. The van der Waals surface area contributed by atoms with Crippen LogP contribution in [0.1, 0.15) is 45.9 Å². The summed E-state index contributed by atoms with van der Waals surface area (Å²) in [5.74, 6) is 2.27. The summed E-state index contributed by atoms with van der Waals surface area (Å²) in [6.07, 6.45) is 4.34. The van der Waals surface area contributed by atoms with Crippen molar-refractivity contribution in [3.63, 3.8) is 0 Å². The molecule has 0 saturated carbocycles. The molecule has 0 radical (unpaired) electrons. The third-order valence-corrected chi connectivity index (χ3v) is 11.3. The molecule has 1 heterocycles. The summed E-state index contributed by atoms with van der Waals surface area (Å²) >= 11 is 0. The number of methoxy groups -OCH3 is 2. The molecule has 2 aliphatic rings. The number of fused-ring (bicyclic) bond motifs is 8. The van der Waals surface area contributed by atoms with Crippen LogP contribution in [0.15, 0.2) is 91.0 Å². The van der Waals surface area contributed by atoms with Crippen molar-refractivity contribution >= 4 is 16.8 Å². The Kier molecular flexibility index (Phi) is 12.6. The van der Waals surface area contributed by atoms with Gasteiger partial charge >= 0.3 is 0 Å². The third-order valence-electron chi connectivity index (χ3n) is 11.3. The Morgan fingerprint density at radius 3 is 1.79 bits per heavy atom. The first-order valence-electron chi connectivity index (χ1n) is 19.8. The molecule has 0 amide bonds. The molecule has 1 unspecified atom stereocenters. The maximum Gasteiger partial charge on any atom is 0.178 e. The number of hydrogen-bond acceptors (Lipinski definition) is 10. The summed E-state index contributed by atoms with van der Waals surface area (Å²) in [7, 11) is 3.32. The van der Waals surface area contributed by atoms with Gasteiger partial charge in [-0.15, -0.1) is 0 Å². The van der Waals surface area contributed by atoms with E-state index in [0.717, 1.165) is 78.1 Å². The fourth-order valence-corrected chi connectivity index (χ4v) is 8.30. The largest absolute Gasteiger partial charge is 0.497 e. The van der Waals surface area contributed by atoms with Crippen molar-refractivity contribution in [3.8, 4) is 28.4 Å². The standard InChI is InChI=1S/C48H54O10/c1-32-6-16-38-41(26-32)45-40(18-19-48(58-45,34-8-12-36(52-4)13-9-34)35-10-14-37(53-5)15-11-35)44-43(38)39-17-7-33(2)27-42(39)46(44,3)57-25-24-56-31-47(28-51,29-54-22-20-49)30-55-23-21-50/h6-19,26-27,49-51H,20-25,28-31H2,1-5H3. The van der Waals surface area contributed by atoms with Crippen LogP contribution in [0.4, 0.5) is 0 Å². The average Bonchev–Trinajstić information content (AvgIpc) is 3.50. The van der Waals surface area contributed by atoms with Crippen LogP contribution in [0.3, 0.4) is 0 Å². The number of aryl methyl sites for hydroxylation is 2. The molecule has 5 aromatic carbocycles. The van der Waals surface area contributed by atoms with Crippen molar-refractivity contribution in [2.24, 2.45) is 5.41 Å². The predicted octanol–water partition coefficient (Wildman–Crippen LogP) is 7.10. The van der Waals surface area contributed by atoms with E-state index in [0.29, 0.717) is 0 Å². The van der Waals surface area contributed by atoms with Crippen LogP contribution < -0.4 is 14.2 Å². The molecule has 1 aliphatic carbocycles. The maximum atomic E-state index is 10.4. The van der Waals surface area contributed by atoms with Crippen LogP contribution in [0.2, 0.25) is 0 Å². The zero-order valence-corrected chi connectivity index (χ0v) is 34.0. The Labute approximate surface area is 340 Å². The highest BCUT2D eigenvalue weighted by Crippen LogP contribution is 2.59. The highest BCUT2D eigenvalue weighted by Gasteiger charge is 2.47. The lowest BCUT2D eigenvalue weighted by Crippen LogP contribution is -2.41. The van der Waals surface area contributed by atoms with Gasteiger partial charge in [0.25, 0.3) is 0 Å². The van der Waals surface area contributed by atoms with Crippen molar-refractivity contribution < 1.29 is 48.5 Å². The number of ether oxygens (including phenoxy) is 7. The zero-order chi connectivity index (χ0) is 40.9. The van der Waals surface area contributed by atoms with Gasteiger partial charge in [-0.25, -0.2) is 0 Å². The van der Waals surface area contributed by atoms with Crippen LogP contribution in [0, 0.1) is 19.3 Å². The summed E-state index contributed by atoms with van der Waals surface area (Å²) in [5.41, 5.74) is 6.63. The van der Waals surface area contributed by atoms with Gasteiger partial charge in [-0.3, -0.25) is 0 Å². The van der Waals surface area contributed by atoms with Gasteiger partial charge in [0.05, 0.1) is 85.7 Å². The Bertz CT molecular complexity index is 2170. The zero-order valence-electron chi connectivity index (χ0n) is 34.0. The molecule has 1 aliphatic heterocycles. The van der Waals surface area contributed by atoms with E-state index < -0.39 is 16.6 Å². The lowest BCUT2D eigenvalue weighted by Gasteiger charge is -2.39. The van der Waals surface area contributed by atoms with Crippen LogP contribution >= 0.6 is 0 Å². The summed E-state index contributed by atoms with van der Waals surface area (Å²) < 4.78 is 43.0. The molecule has 306 valence electrons. The quantitative estimate of drug-likeness (QED) is 0.0747. The minimum Gasteiger partial charge on any atom is -0.497 e. The second-order valence-corrected chi connectivity index (χ2v) is 15.4. The molecule has 58 heavy (non-hydrogen) atoms. The van der Waals surface area contributed by atoms with Crippen LogP contribution in [-0.4, -0.2) is 95.6 Å². The van der Waals surface area contributed by atoms with Gasteiger partial charge in [-0.2, -0.15) is 0 Å². The monoisotopic (exact) mass is 790 g/mol. The number of aliphatic hydroxyl groups is 3. The van der Waals surface area contributed by atoms with Gasteiger partial charge in [0.2, 0.25) is 0 Å². The maximum absolute atomic E-state index is 10.4. The van der Waals surface area contributed by atoms with Crippen molar-refractivity contribution in [2.75, 3.05) is 80.3 Å². The Morgan fingerprint density at radius 1 is 0.655 bits per heavy atom. The first kappa shape index (κ1) is 41.4. The molecular weight excluding hydrogens is 737 g/mol. The highest BCUT2D eigenvalue weighted by atomic mass is 16.5. The topological polar surface area (TPSA) is 125 Å². The fraction of sp³-hybridized carbons (Fsp3) is 0.375. The van der Waals surface area contributed by atoms with E-state index in [1.54, 1.807) is 14.2 Å². The van der Waals surface area contributed by atoms with Crippen LogP contribution in [0.25, 0.3) is 28.0 Å². The van der Waals surface area contributed by atoms with Gasteiger partial charge in [0.15, 0.2) is 5.60 Å². The van der Waals surface area contributed by atoms with Gasteiger partial charge in [0, 0.05) is 27.6 Å². The van der Waals surface area contributed by atoms with Crippen LogP contribution in [-0.2, 0) is 30.1 Å². The molecule has 0 aromatic heterocycles. The molecule has 0 bridgehead atoms. The van der Waals surface area contributed by atoms with Gasteiger partial charge in [-0.05, 0) is 79.3 Å². The first-order chi connectivity index (χ1) is 28.2. The fourth-order valence-electron chi connectivity index (χ4n) is 8.30. The van der Waals surface area contributed by atoms with Crippen molar-refractivity contribution in [2.45, 2.75) is 32.0 Å². The Hall–Kier alpha value is -4.78. The molecule has 0 spiro atoms. The van der Waals surface area contributed by atoms with Crippen molar-refractivity contribution in [3.05, 3.63) is 130 Å². The van der Waals surface area contributed by atoms with E-state index in [-0.39, 0.29) is 66.1 Å². The minimum absolute atomic E-state index is 0.119. The average molecular weight is 791 g/mol. The summed E-state index contributed by atoms with van der Waals surface area (Å²) in [6, 6.07) is 29.1. The second-order valence-electron chi connectivity index (χ2n) is 15.4. The van der Waals surface area contributed by atoms with E-state index in [1.165, 1.54) is 0 Å². The van der Waals surface area contributed by atoms with E-state index in [2.05, 4.69) is 69.3 Å². The van der Waals surface area contributed by atoms with Gasteiger partial charge < -0.3 is 48.5 Å². The molecule has 1 atom stereocenters. The summed E-state index contributed by atoms with van der Waals surface area (Å²) in [5, 5.41) is 31.0. The third kappa shape index (κ3) is 7.74. The van der Waals surface area contributed by atoms with E-state index in [9.17, 15) is 15.3 Å². The molecule has 10 heteroatoms. The van der Waals surface area contributed by atoms with E-state index in [1.807, 2.05) is 48.5 Å². The molecule has 7 rings (SSSR count). The molecule has 10 nitrogen and oxygen atoms in total. The Morgan fingerprint density at radius 2 is 1.22 bits per heavy atom. The predicted molar refractivity (Wildman–Crippen MR) is 224 cm³/mol. The first-order valence-corrected chi connectivity index (χ1v) is 19.8. The van der Waals surface area contributed by atoms with Gasteiger partial charge in [-0.1, -0.05) is 71.8 Å². The molecule has 3 N–H and O–H groups in total. The summed E-state index contributed by atoms with van der Waals surface area (Å²) in [4.78, 5) is 0. The highest BCUT2D eigenvalue weighted by molar-refractivity contribution is 6.08. The van der Waals surface area contributed by atoms with Crippen molar-refractivity contribution in [1.29, 1.82) is 0 Å². The summed E-state index contributed by atoms with van der Waals surface area (Å²) in [6.45, 7) is 6.87. The van der Waals surface area contributed by atoms with Gasteiger partial charge in [0.1, 0.15) is 22.8 Å². The second kappa shape index (κ2) is 17.6.